The van der Waals surface area contributed by atoms with Crippen molar-refractivity contribution < 1.29 is 63.0 Å². The van der Waals surface area contributed by atoms with Crippen LogP contribution in [0.5, 0.6) is 5.75 Å². The number of hydrogen-bond acceptors (Lipinski definition) is 14. The third-order valence-electron chi connectivity index (χ3n) is 10.8. The SMILES string of the molecule is CC[C@H](C)[C@@H]1NC(=O)[C@H](Cc2ccc(O)cc2)NC(=O)CCCSC[C@@H](C(=O)N(CCCO)CC(=O)N[C@@H](CC(C)C)C(=O)NCC(N)=O)NC(=O)[C@H](CC(N)=O)NC(=O)[C@H](CCC(N)=O)NC1=O. The Balaban J connectivity index is 2.63. The molecule has 25 heteroatoms. The van der Waals surface area contributed by atoms with Crippen molar-refractivity contribution in [3.8, 4) is 5.75 Å². The van der Waals surface area contributed by atoms with Crippen molar-refractivity contribution in [2.75, 3.05) is 37.7 Å². The van der Waals surface area contributed by atoms with Crippen LogP contribution in [0.15, 0.2) is 24.3 Å². The zero-order valence-corrected chi connectivity index (χ0v) is 40.3. The van der Waals surface area contributed by atoms with E-state index < -0.39 is 146 Å². The van der Waals surface area contributed by atoms with Crippen LogP contribution < -0.4 is 54.4 Å². The molecule has 24 nitrogen and oxygen atoms in total. The number of phenols is 1. The van der Waals surface area contributed by atoms with Gasteiger partial charge in [0, 0.05) is 38.2 Å². The van der Waals surface area contributed by atoms with E-state index in [9.17, 15) is 63.0 Å². The summed E-state index contributed by atoms with van der Waals surface area (Å²) in [6.07, 6.45) is -1.17. The van der Waals surface area contributed by atoms with Crippen molar-refractivity contribution in [1.29, 1.82) is 0 Å². The predicted molar refractivity (Wildman–Crippen MR) is 252 cm³/mol. The van der Waals surface area contributed by atoms with Gasteiger partial charge in [-0.3, -0.25) is 52.7 Å². The number of aliphatic hydroxyl groups excluding tert-OH is 1. The average molecular weight is 992 g/mol. The molecule has 7 atom stereocenters. The molecular formula is C44H69N11O13S. The summed E-state index contributed by atoms with van der Waals surface area (Å²) in [4.78, 5) is 147. The Hall–Kier alpha value is -6.50. The van der Waals surface area contributed by atoms with Crippen molar-refractivity contribution in [2.24, 2.45) is 29.0 Å². The molecular weight excluding hydrogens is 923 g/mol. The minimum atomic E-state index is -1.77. The van der Waals surface area contributed by atoms with Crippen LogP contribution in [0.3, 0.4) is 0 Å². The molecule has 0 unspecified atom stereocenters. The zero-order valence-electron chi connectivity index (χ0n) is 39.5. The number of aromatic hydroxyl groups is 1. The first-order chi connectivity index (χ1) is 32.5. The van der Waals surface area contributed by atoms with Gasteiger partial charge in [0.05, 0.1) is 19.5 Å². The first-order valence-corrected chi connectivity index (χ1v) is 23.9. The van der Waals surface area contributed by atoms with Crippen LogP contribution in [-0.2, 0) is 59.2 Å². The minimum absolute atomic E-state index is 0.0289. The van der Waals surface area contributed by atoms with Gasteiger partial charge in [0.2, 0.25) is 65.0 Å². The molecule has 0 bridgehead atoms. The molecule has 11 amide bonds. The summed E-state index contributed by atoms with van der Waals surface area (Å²) in [5, 5.41) is 37.3. The maximum absolute atomic E-state index is 14.4. The van der Waals surface area contributed by atoms with Gasteiger partial charge in [-0.2, -0.15) is 11.8 Å². The van der Waals surface area contributed by atoms with Crippen molar-refractivity contribution in [1.82, 2.24) is 42.1 Å². The first kappa shape index (κ1) is 58.6. The van der Waals surface area contributed by atoms with Crippen LogP contribution >= 0.6 is 11.8 Å². The summed E-state index contributed by atoms with van der Waals surface area (Å²) in [5.41, 5.74) is 16.6. The second kappa shape index (κ2) is 30.1. The summed E-state index contributed by atoms with van der Waals surface area (Å²) in [7, 11) is 0. The molecule has 15 N–H and O–H groups in total. The molecule has 1 aliphatic rings. The number of rotatable bonds is 21. The third kappa shape index (κ3) is 22.0. The van der Waals surface area contributed by atoms with Crippen LogP contribution in [0.4, 0.5) is 0 Å². The van der Waals surface area contributed by atoms with E-state index in [4.69, 9.17) is 17.2 Å². The van der Waals surface area contributed by atoms with Gasteiger partial charge in [-0.1, -0.05) is 46.2 Å². The number of phenolic OH excluding ortho intramolecular Hbond substituents is 1. The standard InChI is InChI=1S/C44H69N11O13S/c1-5-25(4)38-43(67)51-28(13-14-33(45)58)40(64)52-31(20-34(46)59)41(65)53-32(23-69-17-6-8-36(61)49-30(42(66)54-38)19-26-9-11-27(57)12-10-26)44(68)55(15-7-16-56)22-37(62)50-29(18-24(2)3)39(63)48-21-35(47)60/h9-12,24-25,28-32,38,56-57H,5-8,13-23H2,1-4H3,(H2,45,58)(H2,46,59)(H2,47,60)(H,48,63)(H,49,61)(H,50,62)(H,51,67)(H,52,64)(H,53,65)(H,54,66)/t25-,28-,29-,30-,31-,32-,38-/m0/s1. The average Bonchev–Trinajstić information content (AvgIpc) is 3.28. The topological polar surface area (TPSA) is 394 Å². The molecule has 0 spiro atoms. The number of carbonyl (C=O) groups is 11. The van der Waals surface area contributed by atoms with Gasteiger partial charge in [0.25, 0.3) is 0 Å². The quantitative estimate of drug-likeness (QED) is 0.0567. The Morgan fingerprint density at radius 3 is 2.06 bits per heavy atom. The second-order valence-electron chi connectivity index (χ2n) is 17.2. The summed E-state index contributed by atoms with van der Waals surface area (Å²) in [6.45, 7) is 5.18. The van der Waals surface area contributed by atoms with E-state index >= 15 is 0 Å². The van der Waals surface area contributed by atoms with Gasteiger partial charge < -0.3 is 69.5 Å². The highest BCUT2D eigenvalue weighted by Crippen LogP contribution is 2.16. The van der Waals surface area contributed by atoms with Gasteiger partial charge in [-0.25, -0.2) is 0 Å². The Morgan fingerprint density at radius 1 is 0.826 bits per heavy atom. The molecule has 0 aromatic heterocycles. The van der Waals surface area contributed by atoms with Crippen molar-refractivity contribution in [2.45, 2.75) is 122 Å². The van der Waals surface area contributed by atoms with E-state index in [0.717, 1.165) is 16.7 Å². The van der Waals surface area contributed by atoms with E-state index in [1.54, 1.807) is 39.8 Å². The van der Waals surface area contributed by atoms with Crippen LogP contribution in [0, 0.1) is 11.8 Å². The number of amides is 11. The number of benzene rings is 1. The highest BCUT2D eigenvalue weighted by molar-refractivity contribution is 7.99. The number of nitrogens with zero attached hydrogens (tertiary/aromatic N) is 1. The lowest BCUT2D eigenvalue weighted by Gasteiger charge is -2.30. The fourth-order valence-corrected chi connectivity index (χ4v) is 7.92. The highest BCUT2D eigenvalue weighted by Gasteiger charge is 2.36. The van der Waals surface area contributed by atoms with E-state index in [-0.39, 0.29) is 61.8 Å². The summed E-state index contributed by atoms with van der Waals surface area (Å²) >= 11 is 1.11. The number of nitrogens with one attached hydrogen (secondary N) is 7. The van der Waals surface area contributed by atoms with Crippen LogP contribution in [0.25, 0.3) is 0 Å². The molecule has 1 aliphatic heterocycles. The number of hydrogen-bond donors (Lipinski definition) is 12. The smallest absolute Gasteiger partial charge is 0.246 e. The van der Waals surface area contributed by atoms with Crippen LogP contribution in [0.1, 0.15) is 84.6 Å². The molecule has 0 saturated carbocycles. The van der Waals surface area contributed by atoms with Gasteiger partial charge >= 0.3 is 0 Å². The molecule has 0 aliphatic carbocycles. The van der Waals surface area contributed by atoms with Crippen LogP contribution in [-0.4, -0.2) is 154 Å². The van der Waals surface area contributed by atoms with Crippen molar-refractivity contribution in [3.63, 3.8) is 0 Å². The Morgan fingerprint density at radius 2 is 1.46 bits per heavy atom. The largest absolute Gasteiger partial charge is 0.508 e. The maximum Gasteiger partial charge on any atom is 0.246 e. The van der Waals surface area contributed by atoms with Gasteiger partial charge in [-0.15, -0.1) is 0 Å². The Bertz CT molecular complexity index is 1970. The molecule has 2 rings (SSSR count). The molecule has 384 valence electrons. The fourth-order valence-electron chi connectivity index (χ4n) is 6.94. The minimum Gasteiger partial charge on any atom is -0.508 e. The normalized spacial score (nSPS) is 20.9. The van der Waals surface area contributed by atoms with E-state index in [1.165, 1.54) is 12.1 Å². The molecule has 0 radical (unpaired) electrons. The molecule has 1 heterocycles. The highest BCUT2D eigenvalue weighted by atomic mass is 32.2. The molecule has 1 aromatic carbocycles. The Labute approximate surface area is 404 Å². The predicted octanol–water partition coefficient (Wildman–Crippen LogP) is -3.58. The molecule has 1 aromatic rings. The molecule has 1 saturated heterocycles. The van der Waals surface area contributed by atoms with Crippen molar-refractivity contribution in [3.05, 3.63) is 29.8 Å². The summed E-state index contributed by atoms with van der Waals surface area (Å²) < 4.78 is 0. The summed E-state index contributed by atoms with van der Waals surface area (Å²) in [6, 6.07) is -2.62. The number of primary amides is 3. The molecule has 1 fully saturated rings. The third-order valence-corrected chi connectivity index (χ3v) is 11.9. The molecule has 69 heavy (non-hydrogen) atoms. The van der Waals surface area contributed by atoms with Crippen LogP contribution in [0.2, 0.25) is 0 Å². The maximum atomic E-state index is 14.4. The fraction of sp³-hybridized carbons (Fsp3) is 0.614. The van der Waals surface area contributed by atoms with E-state index in [2.05, 4.69) is 37.2 Å². The van der Waals surface area contributed by atoms with E-state index in [0.29, 0.717) is 12.0 Å². The lowest BCUT2D eigenvalue weighted by atomic mass is 9.96. The lowest BCUT2D eigenvalue weighted by Crippen LogP contribution is -2.61. The zero-order chi connectivity index (χ0) is 51.8. The van der Waals surface area contributed by atoms with Gasteiger partial charge in [0.1, 0.15) is 42.0 Å². The van der Waals surface area contributed by atoms with E-state index in [1.807, 2.05) is 0 Å². The monoisotopic (exact) mass is 991 g/mol. The van der Waals surface area contributed by atoms with Gasteiger partial charge in [0.15, 0.2) is 0 Å². The second-order valence-corrected chi connectivity index (χ2v) is 18.3. The summed E-state index contributed by atoms with van der Waals surface area (Å²) in [5.74, 6) is -10.1. The number of carbonyl (C=O) groups excluding carboxylic acids is 11. The Kier molecular flexibility index (Phi) is 25.6. The van der Waals surface area contributed by atoms with Gasteiger partial charge in [-0.05, 0) is 61.0 Å². The van der Waals surface area contributed by atoms with Crippen molar-refractivity contribution >= 4 is 76.7 Å². The number of aliphatic hydroxyl groups is 1. The number of thioether (sulfide) groups is 1. The number of nitrogens with two attached hydrogens (primary N) is 3. The first-order valence-electron chi connectivity index (χ1n) is 22.7. The lowest BCUT2D eigenvalue weighted by molar-refractivity contribution is -0.140.